The molecule has 1 fully saturated rings. The minimum absolute atomic E-state index is 0.159. The second kappa shape index (κ2) is 5.80. The van der Waals surface area contributed by atoms with Crippen LogP contribution in [0.3, 0.4) is 0 Å². The average molecular weight is 855 g/mol. The highest BCUT2D eigenvalue weighted by atomic mass is 15.2. The van der Waals surface area contributed by atoms with Gasteiger partial charge in [-0.3, -0.25) is 9.88 Å². The number of hydrogen-bond donors (Lipinski definition) is 0. The van der Waals surface area contributed by atoms with Crippen LogP contribution in [0.1, 0.15) is 33.9 Å². The highest BCUT2D eigenvalue weighted by molar-refractivity contribution is 6.82. The summed E-state index contributed by atoms with van der Waals surface area (Å²) in [5.41, 5.74) is 7.95. The Hall–Kier alpha value is -8.43. The Morgan fingerprint density at radius 3 is 0.686 bits per heavy atom. The van der Waals surface area contributed by atoms with Crippen molar-refractivity contribution in [2.45, 2.75) is 16.9 Å². The fourth-order valence-electron chi connectivity index (χ4n) is 26.1. The van der Waals surface area contributed by atoms with Gasteiger partial charge in [-0.05, 0) is 338 Å². The van der Waals surface area contributed by atoms with E-state index in [0.29, 0.717) is 0 Å². The van der Waals surface area contributed by atoms with E-state index in [4.69, 9.17) is 4.98 Å². The van der Waals surface area contributed by atoms with Crippen molar-refractivity contribution in [3.8, 4) is 0 Å². The summed E-state index contributed by atoms with van der Waals surface area (Å²) in [4.78, 5) is 7.69. The first-order chi connectivity index (χ1) is 34.8. The van der Waals surface area contributed by atoms with Crippen LogP contribution in [0.25, 0.3) is 291 Å². The van der Waals surface area contributed by atoms with Crippen LogP contribution < -0.4 is 0 Å². The zero-order valence-corrected chi connectivity index (χ0v) is 36.0. The molecule has 70 heavy (non-hydrogen) atoms. The molecule has 2 spiro atoms. The van der Waals surface area contributed by atoms with Gasteiger partial charge < -0.3 is 0 Å². The number of aromatic nitrogens is 1. The van der Waals surface area contributed by atoms with E-state index in [1.165, 1.54) is 5.56 Å². The van der Waals surface area contributed by atoms with Gasteiger partial charge in [-0.1, -0.05) is 0 Å². The number of pyridine rings is 1. The maximum atomic E-state index is 4.77. The van der Waals surface area contributed by atoms with E-state index in [2.05, 4.69) is 36.5 Å². The lowest BCUT2D eigenvalue weighted by atomic mass is 9.47. The van der Waals surface area contributed by atoms with Gasteiger partial charge >= 0.3 is 0 Å². The van der Waals surface area contributed by atoms with E-state index in [1.54, 1.807) is 313 Å². The summed E-state index contributed by atoms with van der Waals surface area (Å²) in [6.07, 6.45) is 4.25. The summed E-state index contributed by atoms with van der Waals surface area (Å²) >= 11 is 0. The minimum Gasteiger partial charge on any atom is -0.297 e. The van der Waals surface area contributed by atoms with Crippen molar-refractivity contribution < 1.29 is 0 Å². The molecule has 292 valence electrons. The van der Waals surface area contributed by atoms with Gasteiger partial charge in [0.25, 0.3) is 0 Å². The minimum atomic E-state index is -0.311. The van der Waals surface area contributed by atoms with E-state index in [-0.39, 0.29) is 16.9 Å². The molecule has 2 heterocycles. The summed E-state index contributed by atoms with van der Waals surface area (Å²) in [6, 6.07) is 5.03. The summed E-state index contributed by atoms with van der Waals surface area (Å²) in [5.74, 6) is 0. The molecule has 0 bridgehead atoms. The molecule has 0 saturated carbocycles. The molecule has 5 aliphatic rings. The second-order valence-electron chi connectivity index (χ2n) is 26.1. The quantitative estimate of drug-likeness (QED) is 0.153. The first-order valence-corrected chi connectivity index (χ1v) is 26.2. The van der Waals surface area contributed by atoms with Gasteiger partial charge in [0, 0.05) is 25.0 Å². The fourth-order valence-corrected chi connectivity index (χ4v) is 26.1. The lowest BCUT2D eigenvalue weighted by Crippen LogP contribution is -2.51. The molecule has 1 atom stereocenters. The molecule has 4 aliphatic carbocycles. The number of nitrogens with zero attached hydrogens (tertiary/aromatic N) is 2. The molecule has 0 N–H and O–H groups in total. The van der Waals surface area contributed by atoms with Crippen LogP contribution in [0, 0.1) is 0 Å². The Morgan fingerprint density at radius 1 is 0.286 bits per heavy atom. The maximum absolute atomic E-state index is 4.77. The Bertz CT molecular complexity index is 7170. The Kier molecular flexibility index (Phi) is 2.14. The van der Waals surface area contributed by atoms with Gasteiger partial charge in [-0.2, -0.15) is 0 Å². The molecule has 1 aliphatic heterocycles. The first-order valence-electron chi connectivity index (χ1n) is 26.2. The maximum Gasteiger partial charge on any atom is 0.0575 e. The molecule has 29 aromatic rings. The largest absolute Gasteiger partial charge is 0.297 e. The lowest BCUT2D eigenvalue weighted by Gasteiger charge is -2.52. The smallest absolute Gasteiger partial charge is 0.0575 e. The highest BCUT2D eigenvalue weighted by Crippen LogP contribution is 2.87. The summed E-state index contributed by atoms with van der Waals surface area (Å²) in [7, 11) is 2.55. The van der Waals surface area contributed by atoms with Crippen LogP contribution in [0.5, 0.6) is 0 Å². The Balaban J connectivity index is 1.19. The third kappa shape index (κ3) is 1.33. The summed E-state index contributed by atoms with van der Waals surface area (Å²) in [5, 5.41) is 90.2. The third-order valence-electron chi connectivity index (χ3n) is 25.9. The van der Waals surface area contributed by atoms with Gasteiger partial charge in [0.15, 0.2) is 0 Å². The van der Waals surface area contributed by atoms with E-state index < -0.39 is 0 Å². The number of hydrogen-bond acceptors (Lipinski definition) is 2. The van der Waals surface area contributed by atoms with Crippen LogP contribution in [-0.2, 0) is 10.8 Å². The standard InChI is InChI=1S/C68H10N2/c1-70-6-67-62-54-46-36-26-18-10-8-9-12-16-14(10)22-30-24(16)34-28-20(12)21-13(9)17-15-11(8)19(18)27-33-23(15)31-25(17)35-29(21)39-38(28)50-44(34)52-42(30)48(40(46)32(22)26)56(62)58(52)64-60(50)61-51(39)45(35)53-43(31)49-41(33)47(37(27)36)55(54)63(67)57(49)59(53)65(61)68(64,67)66(70)7-2-4-69-5-3-7/h2-5,66H,6H2,1H3. The fraction of sp³-hybridized carbons (Fsp3) is 0.0735. The van der Waals surface area contributed by atoms with E-state index in [0.717, 1.165) is 6.54 Å². The molecule has 0 radical (unpaired) electrons. The number of likely N-dealkylation sites (N-methyl/N-ethyl adjacent to an activating group) is 1. The van der Waals surface area contributed by atoms with Gasteiger partial charge in [0.05, 0.1) is 10.8 Å². The molecule has 2 heteroatoms. The molecule has 34 rings (SSSR count). The average Bonchev–Trinajstić information content (AvgIpc) is 4.37. The monoisotopic (exact) mass is 854 g/mol. The van der Waals surface area contributed by atoms with E-state index in [1.807, 2.05) is 0 Å². The Labute approximate surface area is 381 Å². The number of benzene rings is 18. The van der Waals surface area contributed by atoms with Crippen LogP contribution in [-0.4, -0.2) is 23.5 Å². The van der Waals surface area contributed by atoms with Crippen molar-refractivity contribution in [2.24, 2.45) is 0 Å². The zero-order valence-electron chi connectivity index (χ0n) is 36.0. The van der Waals surface area contributed by atoms with Gasteiger partial charge in [0.1, 0.15) is 0 Å². The van der Waals surface area contributed by atoms with Gasteiger partial charge in [-0.25, -0.2) is 0 Å². The van der Waals surface area contributed by atoms with Crippen LogP contribution in [0.2, 0.25) is 0 Å². The normalized spacial score (nSPS) is 23.9. The molecule has 1 unspecified atom stereocenters. The van der Waals surface area contributed by atoms with Crippen molar-refractivity contribution in [1.82, 2.24) is 9.88 Å². The zero-order chi connectivity index (χ0) is 41.5. The molecule has 28 aromatic carbocycles. The number of rotatable bonds is 1. The molecule has 2 nitrogen and oxygen atoms in total. The number of likely N-dealkylation sites (tertiary alicyclic amines) is 1. The molecular formula is C68H10N2. The first kappa shape index (κ1) is 25.8. The van der Waals surface area contributed by atoms with Gasteiger partial charge in [-0.15, -0.1) is 0 Å². The van der Waals surface area contributed by atoms with Crippen molar-refractivity contribution in [3.63, 3.8) is 0 Å². The van der Waals surface area contributed by atoms with E-state index >= 15 is 0 Å². The van der Waals surface area contributed by atoms with Crippen molar-refractivity contribution >= 4 is 291 Å². The van der Waals surface area contributed by atoms with Crippen molar-refractivity contribution in [3.05, 3.63) is 52.3 Å². The van der Waals surface area contributed by atoms with E-state index in [9.17, 15) is 0 Å². The highest BCUT2D eigenvalue weighted by Gasteiger charge is 2.75. The predicted octanol–water partition coefficient (Wildman–Crippen LogP) is 17.4. The molecule has 1 aromatic heterocycles. The Morgan fingerprint density at radius 2 is 0.471 bits per heavy atom. The molecule has 0 amide bonds. The summed E-state index contributed by atoms with van der Waals surface area (Å²) in [6.45, 7) is 1.04. The topological polar surface area (TPSA) is 16.1 Å². The van der Waals surface area contributed by atoms with Crippen LogP contribution >= 0.6 is 0 Å². The van der Waals surface area contributed by atoms with Crippen LogP contribution in [0.15, 0.2) is 24.5 Å². The third-order valence-corrected chi connectivity index (χ3v) is 25.9. The molecular weight excluding hydrogens is 845 g/mol. The van der Waals surface area contributed by atoms with Crippen LogP contribution in [0.4, 0.5) is 0 Å². The predicted molar refractivity (Wildman–Crippen MR) is 293 cm³/mol. The SMILES string of the molecule is CN1CC23c4c5c6c7c8c9c(c%10c%11c2c2c4c4c%12c5c5c6c6c8c8c%13c9c9c%10c%10c%11c%11c2c2c4c4c%12c%12c5c5c6c8c6c8c%13c9c9c%10c%10c%11c2c2c4c4c%12c5c6c5c8c9c%10c2c45)C73C1c1ccncc1. The van der Waals surface area contributed by atoms with Crippen molar-refractivity contribution in [1.29, 1.82) is 0 Å². The second-order valence-corrected chi connectivity index (χ2v) is 26.1. The van der Waals surface area contributed by atoms with Gasteiger partial charge in [0.2, 0.25) is 0 Å². The van der Waals surface area contributed by atoms with Crippen molar-refractivity contribution in [2.75, 3.05) is 13.6 Å². The lowest BCUT2D eigenvalue weighted by molar-refractivity contribution is 0.271. The summed E-state index contributed by atoms with van der Waals surface area (Å²) < 4.78 is 0. The molecule has 1 saturated heterocycles.